The summed E-state index contributed by atoms with van der Waals surface area (Å²) in [4.78, 5) is 37.2. The molecule has 1 N–H and O–H groups in total. The maximum Gasteiger partial charge on any atom is 0.291 e. The summed E-state index contributed by atoms with van der Waals surface area (Å²) < 4.78 is 5.51. The van der Waals surface area contributed by atoms with E-state index in [4.69, 9.17) is 4.42 Å². The van der Waals surface area contributed by atoms with Crippen LogP contribution in [0.4, 0.5) is 5.69 Å². The number of amides is 3. The first-order valence-electron chi connectivity index (χ1n) is 7.31. The van der Waals surface area contributed by atoms with Gasteiger partial charge in [-0.15, -0.1) is 0 Å². The lowest BCUT2D eigenvalue weighted by Gasteiger charge is -2.04. The van der Waals surface area contributed by atoms with Gasteiger partial charge in [0.05, 0.1) is 11.1 Å². The molecule has 0 aliphatic carbocycles. The molecular formula is C18H12N2O4. The van der Waals surface area contributed by atoms with Gasteiger partial charge in [0.15, 0.2) is 5.76 Å². The van der Waals surface area contributed by atoms with Crippen molar-refractivity contribution < 1.29 is 18.8 Å². The molecule has 0 atom stereocenters. The number of hydrogen-bond acceptors (Lipinski definition) is 4. The Morgan fingerprint density at radius 2 is 1.75 bits per heavy atom. The summed E-state index contributed by atoms with van der Waals surface area (Å²) in [6.07, 6.45) is 0. The van der Waals surface area contributed by atoms with E-state index in [1.807, 2.05) is 18.2 Å². The minimum atomic E-state index is -0.420. The number of anilines is 1. The van der Waals surface area contributed by atoms with Crippen molar-refractivity contribution in [3.05, 3.63) is 65.4 Å². The molecule has 24 heavy (non-hydrogen) atoms. The SMILES string of the molecule is CN1C(=O)c2ccc(NC(=O)c3cc4ccccc4o3)cc2C1=O. The summed E-state index contributed by atoms with van der Waals surface area (Å²) in [5.41, 5.74) is 1.67. The number of nitrogens with zero attached hydrogens (tertiary/aromatic N) is 1. The maximum atomic E-state index is 12.3. The lowest BCUT2D eigenvalue weighted by molar-refractivity contribution is 0.0692. The zero-order chi connectivity index (χ0) is 16.8. The number of furan rings is 1. The molecule has 0 saturated carbocycles. The second-order valence-electron chi connectivity index (χ2n) is 5.53. The maximum absolute atomic E-state index is 12.3. The van der Waals surface area contributed by atoms with Crippen LogP contribution in [0.15, 0.2) is 52.9 Å². The van der Waals surface area contributed by atoms with Gasteiger partial charge in [-0.1, -0.05) is 18.2 Å². The van der Waals surface area contributed by atoms with Crippen LogP contribution in [0.3, 0.4) is 0 Å². The predicted octanol–water partition coefficient (Wildman–Crippen LogP) is 2.91. The van der Waals surface area contributed by atoms with E-state index in [-0.39, 0.29) is 23.1 Å². The van der Waals surface area contributed by atoms with Gasteiger partial charge < -0.3 is 9.73 Å². The molecule has 2 heterocycles. The van der Waals surface area contributed by atoms with E-state index >= 15 is 0 Å². The van der Waals surface area contributed by atoms with Crippen LogP contribution in [0.2, 0.25) is 0 Å². The molecular weight excluding hydrogens is 308 g/mol. The van der Waals surface area contributed by atoms with Crippen LogP contribution in [-0.4, -0.2) is 29.7 Å². The summed E-state index contributed by atoms with van der Waals surface area (Å²) >= 11 is 0. The summed E-state index contributed by atoms with van der Waals surface area (Å²) in [6, 6.07) is 13.6. The molecule has 6 nitrogen and oxygen atoms in total. The Balaban J connectivity index is 1.63. The smallest absolute Gasteiger partial charge is 0.291 e. The van der Waals surface area contributed by atoms with E-state index in [1.165, 1.54) is 19.2 Å². The minimum absolute atomic E-state index is 0.177. The van der Waals surface area contributed by atoms with Crippen LogP contribution >= 0.6 is 0 Å². The van der Waals surface area contributed by atoms with Gasteiger partial charge in [-0.25, -0.2) is 0 Å². The van der Waals surface area contributed by atoms with E-state index in [1.54, 1.807) is 18.2 Å². The first-order chi connectivity index (χ1) is 11.5. The van der Waals surface area contributed by atoms with Crippen LogP contribution in [0.5, 0.6) is 0 Å². The van der Waals surface area contributed by atoms with Crippen LogP contribution in [0.25, 0.3) is 11.0 Å². The Kier molecular flexibility index (Phi) is 2.99. The highest BCUT2D eigenvalue weighted by Crippen LogP contribution is 2.25. The van der Waals surface area contributed by atoms with Crippen LogP contribution in [0, 0.1) is 0 Å². The number of nitrogens with one attached hydrogen (secondary N) is 1. The number of carbonyl (C=O) groups is 3. The fourth-order valence-corrected chi connectivity index (χ4v) is 2.73. The molecule has 0 unspecified atom stereocenters. The van der Waals surface area contributed by atoms with Crippen molar-refractivity contribution in [3.63, 3.8) is 0 Å². The average Bonchev–Trinajstić information content (AvgIpc) is 3.11. The van der Waals surface area contributed by atoms with Gasteiger partial charge in [0.1, 0.15) is 5.58 Å². The Bertz CT molecular complexity index is 986. The molecule has 2 aromatic carbocycles. The number of imide groups is 1. The number of para-hydroxylation sites is 1. The molecule has 1 aliphatic heterocycles. The molecule has 1 aliphatic rings. The summed E-state index contributed by atoms with van der Waals surface area (Å²) in [6.45, 7) is 0. The van der Waals surface area contributed by atoms with Gasteiger partial charge in [-0.2, -0.15) is 0 Å². The number of hydrogen-bond donors (Lipinski definition) is 1. The highest BCUT2D eigenvalue weighted by molar-refractivity contribution is 6.21. The van der Waals surface area contributed by atoms with Gasteiger partial charge in [-0.05, 0) is 30.3 Å². The number of rotatable bonds is 2. The van der Waals surface area contributed by atoms with E-state index in [0.717, 1.165) is 10.3 Å². The minimum Gasteiger partial charge on any atom is -0.451 e. The fourth-order valence-electron chi connectivity index (χ4n) is 2.73. The normalized spacial score (nSPS) is 13.5. The topological polar surface area (TPSA) is 79.6 Å². The fraction of sp³-hybridized carbons (Fsp3) is 0.0556. The van der Waals surface area contributed by atoms with Crippen molar-refractivity contribution in [1.29, 1.82) is 0 Å². The Hall–Kier alpha value is -3.41. The van der Waals surface area contributed by atoms with Gasteiger partial charge in [0.25, 0.3) is 17.7 Å². The highest BCUT2D eigenvalue weighted by atomic mass is 16.3. The molecule has 0 fully saturated rings. The first-order valence-corrected chi connectivity index (χ1v) is 7.31. The van der Waals surface area contributed by atoms with Crippen LogP contribution in [-0.2, 0) is 0 Å². The molecule has 0 bridgehead atoms. The van der Waals surface area contributed by atoms with Gasteiger partial charge in [0.2, 0.25) is 0 Å². The second kappa shape index (κ2) is 5.06. The van der Waals surface area contributed by atoms with Crippen LogP contribution < -0.4 is 5.32 Å². The third-order valence-electron chi connectivity index (χ3n) is 4.00. The highest BCUT2D eigenvalue weighted by Gasteiger charge is 2.32. The van der Waals surface area contributed by atoms with Crippen molar-refractivity contribution in [2.24, 2.45) is 0 Å². The quantitative estimate of drug-likeness (QED) is 0.736. The average molecular weight is 320 g/mol. The Morgan fingerprint density at radius 1 is 1.00 bits per heavy atom. The van der Waals surface area contributed by atoms with Crippen molar-refractivity contribution in [2.75, 3.05) is 12.4 Å². The Morgan fingerprint density at radius 3 is 2.54 bits per heavy atom. The van der Waals surface area contributed by atoms with Crippen molar-refractivity contribution in [2.45, 2.75) is 0 Å². The third-order valence-corrected chi connectivity index (χ3v) is 4.00. The third kappa shape index (κ3) is 2.08. The molecule has 118 valence electrons. The van der Waals surface area contributed by atoms with Gasteiger partial charge in [-0.3, -0.25) is 19.3 Å². The number of benzene rings is 2. The number of carbonyl (C=O) groups excluding carboxylic acids is 3. The van der Waals surface area contributed by atoms with Crippen LogP contribution in [0.1, 0.15) is 31.3 Å². The van der Waals surface area contributed by atoms with E-state index < -0.39 is 5.91 Å². The van der Waals surface area contributed by atoms with E-state index in [0.29, 0.717) is 16.8 Å². The summed E-state index contributed by atoms with van der Waals surface area (Å²) in [5.74, 6) is -0.965. The van der Waals surface area contributed by atoms with E-state index in [2.05, 4.69) is 5.32 Å². The standard InChI is InChI=1S/C18H12N2O4/c1-20-17(22)12-7-6-11(9-13(12)18(20)23)19-16(21)15-8-10-4-2-3-5-14(10)24-15/h2-9H,1H3,(H,19,21). The molecule has 0 saturated heterocycles. The largest absolute Gasteiger partial charge is 0.451 e. The zero-order valence-corrected chi connectivity index (χ0v) is 12.7. The molecule has 1 aromatic heterocycles. The monoisotopic (exact) mass is 320 g/mol. The second-order valence-corrected chi connectivity index (χ2v) is 5.53. The van der Waals surface area contributed by atoms with E-state index in [9.17, 15) is 14.4 Å². The first kappa shape index (κ1) is 14.2. The van der Waals surface area contributed by atoms with Crippen molar-refractivity contribution in [1.82, 2.24) is 4.90 Å². The lowest BCUT2D eigenvalue weighted by atomic mass is 10.1. The zero-order valence-electron chi connectivity index (χ0n) is 12.7. The molecule has 6 heteroatoms. The number of fused-ring (bicyclic) bond motifs is 2. The molecule has 4 rings (SSSR count). The van der Waals surface area contributed by atoms with Crippen molar-refractivity contribution in [3.8, 4) is 0 Å². The molecule has 3 amide bonds. The predicted molar refractivity (Wildman–Crippen MR) is 87.0 cm³/mol. The van der Waals surface area contributed by atoms with Gasteiger partial charge >= 0.3 is 0 Å². The van der Waals surface area contributed by atoms with Gasteiger partial charge in [0, 0.05) is 18.1 Å². The lowest BCUT2D eigenvalue weighted by Crippen LogP contribution is -2.24. The van der Waals surface area contributed by atoms with Crippen molar-refractivity contribution >= 4 is 34.4 Å². The molecule has 0 spiro atoms. The summed E-state index contributed by atoms with van der Waals surface area (Å²) in [5, 5.41) is 3.52. The Labute approximate surface area is 136 Å². The molecule has 0 radical (unpaired) electrons. The molecule has 3 aromatic rings. The summed E-state index contributed by atoms with van der Waals surface area (Å²) in [7, 11) is 1.43.